The molecule has 0 aliphatic rings. The van der Waals surface area contributed by atoms with Gasteiger partial charge in [0.25, 0.3) is 0 Å². The van der Waals surface area contributed by atoms with Crippen molar-refractivity contribution in [3.63, 3.8) is 0 Å². The van der Waals surface area contributed by atoms with E-state index in [1.807, 2.05) is 43.3 Å². The van der Waals surface area contributed by atoms with Gasteiger partial charge in [0.1, 0.15) is 11.3 Å². The molecule has 0 bridgehead atoms. The zero-order valence-electron chi connectivity index (χ0n) is 13.8. The number of nitrogens with one attached hydrogen (secondary N) is 2. The Bertz CT molecular complexity index is 843. The second-order valence-electron chi connectivity index (χ2n) is 5.56. The smallest absolute Gasteiger partial charge is 0.411 e. The van der Waals surface area contributed by atoms with Gasteiger partial charge in [0.2, 0.25) is 0 Å². The van der Waals surface area contributed by atoms with E-state index >= 15 is 0 Å². The minimum absolute atomic E-state index is 0.376. The molecule has 1 aromatic heterocycles. The summed E-state index contributed by atoms with van der Waals surface area (Å²) in [6, 6.07) is 15.2. The Labute approximate surface area is 150 Å². The van der Waals surface area contributed by atoms with Crippen LogP contribution >= 0.6 is 11.6 Å². The first-order valence-corrected chi connectivity index (χ1v) is 8.48. The number of ether oxygens (including phenoxy) is 1. The normalized spacial score (nSPS) is 10.6. The monoisotopic (exact) mass is 358 g/mol. The molecular weight excluding hydrogens is 340 g/mol. The van der Waals surface area contributed by atoms with Crippen molar-refractivity contribution in [1.29, 1.82) is 0 Å². The molecule has 0 aliphatic heterocycles. The van der Waals surface area contributed by atoms with Crippen LogP contribution in [-0.2, 0) is 11.3 Å². The van der Waals surface area contributed by atoms with E-state index in [1.165, 1.54) is 0 Å². The van der Waals surface area contributed by atoms with Gasteiger partial charge < -0.3 is 14.5 Å². The van der Waals surface area contributed by atoms with Gasteiger partial charge in [-0.3, -0.25) is 5.32 Å². The van der Waals surface area contributed by atoms with Crippen molar-refractivity contribution >= 4 is 40.0 Å². The fourth-order valence-electron chi connectivity index (χ4n) is 2.38. The van der Waals surface area contributed by atoms with Crippen molar-refractivity contribution in [2.24, 2.45) is 0 Å². The highest BCUT2D eigenvalue weighted by molar-refractivity contribution is 6.33. The number of fused-ring (bicyclic) bond motifs is 1. The summed E-state index contributed by atoms with van der Waals surface area (Å²) >= 11 is 6.22. The topological polar surface area (TPSA) is 63.5 Å². The number of benzene rings is 2. The van der Waals surface area contributed by atoms with Gasteiger partial charge in [0.15, 0.2) is 0 Å². The van der Waals surface area contributed by atoms with E-state index in [0.717, 1.165) is 28.8 Å². The average molecular weight is 359 g/mol. The molecule has 0 radical (unpaired) electrons. The Morgan fingerprint density at radius 2 is 2.04 bits per heavy atom. The third kappa shape index (κ3) is 4.45. The van der Waals surface area contributed by atoms with Gasteiger partial charge in [-0.15, -0.1) is 0 Å². The maximum absolute atomic E-state index is 11.6. The van der Waals surface area contributed by atoms with Crippen LogP contribution in [0.1, 0.15) is 19.1 Å². The molecule has 3 aromatic rings. The number of hydrogen-bond acceptors (Lipinski definition) is 4. The lowest BCUT2D eigenvalue weighted by Gasteiger charge is -2.10. The first kappa shape index (κ1) is 17.2. The molecule has 5 nitrogen and oxygen atoms in total. The molecular formula is C19H19ClN2O3. The van der Waals surface area contributed by atoms with E-state index in [2.05, 4.69) is 10.6 Å². The van der Waals surface area contributed by atoms with Gasteiger partial charge in [-0.1, -0.05) is 36.7 Å². The van der Waals surface area contributed by atoms with Gasteiger partial charge in [0.05, 0.1) is 23.9 Å². The Morgan fingerprint density at radius 3 is 2.80 bits per heavy atom. The molecule has 3 rings (SSSR count). The summed E-state index contributed by atoms with van der Waals surface area (Å²) in [5.41, 5.74) is 2.21. The zero-order chi connectivity index (χ0) is 17.6. The van der Waals surface area contributed by atoms with Crippen LogP contribution in [0.5, 0.6) is 0 Å². The molecule has 0 saturated carbocycles. The van der Waals surface area contributed by atoms with E-state index in [4.69, 9.17) is 20.8 Å². The minimum Gasteiger partial charge on any atom is -0.459 e. The molecule has 2 aromatic carbocycles. The number of carbonyl (C=O) groups is 1. The Hall–Kier alpha value is -2.66. The number of furan rings is 1. The summed E-state index contributed by atoms with van der Waals surface area (Å²) in [6.45, 7) is 2.85. The van der Waals surface area contributed by atoms with E-state index in [9.17, 15) is 4.79 Å². The van der Waals surface area contributed by atoms with Crippen LogP contribution in [-0.4, -0.2) is 12.7 Å². The third-order valence-electron chi connectivity index (χ3n) is 3.59. The number of carbonyl (C=O) groups excluding carboxylic acids is 1. The number of anilines is 2. The first-order valence-electron chi connectivity index (χ1n) is 8.10. The fraction of sp³-hybridized carbons (Fsp3) is 0.211. The second-order valence-corrected chi connectivity index (χ2v) is 5.97. The van der Waals surface area contributed by atoms with E-state index in [1.54, 1.807) is 12.1 Å². The molecule has 0 saturated heterocycles. The zero-order valence-corrected chi connectivity index (χ0v) is 14.6. The van der Waals surface area contributed by atoms with E-state index in [0.29, 0.717) is 23.9 Å². The first-order chi connectivity index (χ1) is 12.2. The third-order valence-corrected chi connectivity index (χ3v) is 3.90. The quantitative estimate of drug-likeness (QED) is 0.597. The van der Waals surface area contributed by atoms with Crippen molar-refractivity contribution in [2.45, 2.75) is 19.9 Å². The van der Waals surface area contributed by atoms with Crippen molar-refractivity contribution < 1.29 is 13.9 Å². The molecule has 1 heterocycles. The largest absolute Gasteiger partial charge is 0.459 e. The molecule has 0 atom stereocenters. The molecule has 2 N–H and O–H groups in total. The predicted octanol–water partition coefficient (Wildman–Crippen LogP) is 5.66. The van der Waals surface area contributed by atoms with Crippen molar-refractivity contribution in [3.05, 3.63) is 59.3 Å². The average Bonchev–Trinajstić information content (AvgIpc) is 3.03. The molecule has 25 heavy (non-hydrogen) atoms. The number of para-hydroxylation sites is 1. The van der Waals surface area contributed by atoms with Gasteiger partial charge in [-0.2, -0.15) is 0 Å². The van der Waals surface area contributed by atoms with Crippen LogP contribution in [0.25, 0.3) is 11.0 Å². The highest BCUT2D eigenvalue weighted by Crippen LogP contribution is 2.26. The van der Waals surface area contributed by atoms with Gasteiger partial charge in [0, 0.05) is 11.1 Å². The maximum atomic E-state index is 11.6. The Morgan fingerprint density at radius 1 is 1.20 bits per heavy atom. The number of rotatable bonds is 6. The van der Waals surface area contributed by atoms with Gasteiger partial charge in [-0.05, 0) is 36.8 Å². The molecule has 1 amide bonds. The lowest BCUT2D eigenvalue weighted by Crippen LogP contribution is -2.14. The second kappa shape index (κ2) is 7.94. The number of hydrogen-bond donors (Lipinski definition) is 2. The summed E-state index contributed by atoms with van der Waals surface area (Å²) in [5.74, 6) is 0.836. The van der Waals surface area contributed by atoms with Gasteiger partial charge >= 0.3 is 6.09 Å². The van der Waals surface area contributed by atoms with Crippen molar-refractivity contribution in [3.8, 4) is 0 Å². The lowest BCUT2D eigenvalue weighted by atomic mass is 10.2. The Balaban J connectivity index is 1.61. The van der Waals surface area contributed by atoms with Crippen LogP contribution in [0.15, 0.2) is 52.9 Å². The molecule has 0 aliphatic carbocycles. The van der Waals surface area contributed by atoms with Crippen molar-refractivity contribution in [2.75, 3.05) is 17.2 Å². The summed E-state index contributed by atoms with van der Waals surface area (Å²) in [7, 11) is 0. The highest BCUT2D eigenvalue weighted by Gasteiger charge is 2.08. The molecule has 0 unspecified atom stereocenters. The summed E-state index contributed by atoms with van der Waals surface area (Å²) in [6.07, 6.45) is 0.262. The van der Waals surface area contributed by atoms with Crippen LogP contribution in [0.3, 0.4) is 0 Å². The number of halogens is 1. The van der Waals surface area contributed by atoms with Crippen molar-refractivity contribution in [1.82, 2.24) is 0 Å². The van der Waals surface area contributed by atoms with E-state index < -0.39 is 6.09 Å². The standard InChI is InChI=1S/C19H19ClN2O3/c1-2-9-24-19(23)22-17-8-7-14(11-16(17)20)21-12-15-10-13-5-3-4-6-18(13)25-15/h3-8,10-11,21H,2,9,12H2,1H3,(H,22,23). The minimum atomic E-state index is -0.508. The summed E-state index contributed by atoms with van der Waals surface area (Å²) < 4.78 is 10.7. The summed E-state index contributed by atoms with van der Waals surface area (Å²) in [4.78, 5) is 11.6. The molecule has 0 fully saturated rings. The summed E-state index contributed by atoms with van der Waals surface area (Å²) in [5, 5.41) is 7.38. The fourth-order valence-corrected chi connectivity index (χ4v) is 2.61. The molecule has 0 spiro atoms. The van der Waals surface area contributed by atoms with Crippen LogP contribution in [0.2, 0.25) is 5.02 Å². The maximum Gasteiger partial charge on any atom is 0.411 e. The van der Waals surface area contributed by atoms with Crippen LogP contribution in [0.4, 0.5) is 16.2 Å². The van der Waals surface area contributed by atoms with Crippen LogP contribution in [0, 0.1) is 0 Å². The van der Waals surface area contributed by atoms with Gasteiger partial charge in [-0.25, -0.2) is 4.79 Å². The predicted molar refractivity (Wildman–Crippen MR) is 100 cm³/mol. The molecule has 6 heteroatoms. The SMILES string of the molecule is CCCOC(=O)Nc1ccc(NCc2cc3ccccc3o2)cc1Cl. The number of amides is 1. The Kier molecular flexibility index (Phi) is 5.46. The molecule has 130 valence electrons. The lowest BCUT2D eigenvalue weighted by molar-refractivity contribution is 0.161. The van der Waals surface area contributed by atoms with E-state index in [-0.39, 0.29) is 0 Å². The van der Waals surface area contributed by atoms with Crippen LogP contribution < -0.4 is 10.6 Å². The highest BCUT2D eigenvalue weighted by atomic mass is 35.5.